The highest BCUT2D eigenvalue weighted by Gasteiger charge is 2.33. The Hall–Kier alpha value is -1.76. The predicted octanol–water partition coefficient (Wildman–Crippen LogP) is 3.21. The van der Waals surface area contributed by atoms with Crippen molar-refractivity contribution in [3.63, 3.8) is 0 Å². The first kappa shape index (κ1) is 18.0. The number of aromatic nitrogens is 1. The lowest BCUT2D eigenvalue weighted by Crippen LogP contribution is -2.40. The summed E-state index contributed by atoms with van der Waals surface area (Å²) < 4.78 is 32.9. The molecule has 1 aromatic heterocycles. The molecule has 0 saturated carbocycles. The van der Waals surface area contributed by atoms with Crippen molar-refractivity contribution in [3.8, 4) is 11.1 Å². The summed E-state index contributed by atoms with van der Waals surface area (Å²) in [6, 6.07) is 9.93. The van der Waals surface area contributed by atoms with Gasteiger partial charge in [0.2, 0.25) is 10.0 Å². The molecule has 0 aliphatic carbocycles. The normalized spacial score (nSPS) is 21.0. The van der Waals surface area contributed by atoms with Gasteiger partial charge in [-0.3, -0.25) is 4.98 Å². The maximum atomic E-state index is 12.2. The first-order valence-corrected chi connectivity index (χ1v) is 10.1. The van der Waals surface area contributed by atoms with Gasteiger partial charge in [0.15, 0.2) is 0 Å². The summed E-state index contributed by atoms with van der Waals surface area (Å²) in [7, 11) is -3.32. The third kappa shape index (κ3) is 4.08. The van der Waals surface area contributed by atoms with Crippen LogP contribution < -0.4 is 4.72 Å². The van der Waals surface area contributed by atoms with Crippen LogP contribution in [0, 0.1) is 6.92 Å². The minimum atomic E-state index is -3.32. The van der Waals surface area contributed by atoms with Crippen LogP contribution in [0.3, 0.4) is 0 Å². The minimum Gasteiger partial charge on any atom is -0.372 e. The first-order chi connectivity index (χ1) is 11.9. The Kier molecular flexibility index (Phi) is 5.22. The van der Waals surface area contributed by atoms with Gasteiger partial charge in [-0.25, -0.2) is 13.1 Å². The quantitative estimate of drug-likeness (QED) is 0.889. The topological polar surface area (TPSA) is 68.3 Å². The summed E-state index contributed by atoms with van der Waals surface area (Å²) in [6.45, 7) is 5.93. The Balaban J connectivity index is 1.79. The van der Waals surface area contributed by atoms with Crippen molar-refractivity contribution in [1.29, 1.82) is 0 Å². The van der Waals surface area contributed by atoms with Crippen LogP contribution in [-0.4, -0.2) is 31.3 Å². The first-order valence-electron chi connectivity index (χ1n) is 8.51. The SMILES string of the molecule is Cc1cncc(-c2ccc([C@@H]3OCC[C@@H]3NS(=O)(=O)C(C)C)cc2)c1. The highest BCUT2D eigenvalue weighted by Crippen LogP contribution is 2.31. The molecule has 134 valence electrons. The van der Waals surface area contributed by atoms with Crippen molar-refractivity contribution >= 4 is 10.0 Å². The molecule has 0 spiro atoms. The zero-order valence-corrected chi connectivity index (χ0v) is 15.6. The number of ether oxygens (including phenoxy) is 1. The van der Waals surface area contributed by atoms with Gasteiger partial charge < -0.3 is 4.74 Å². The van der Waals surface area contributed by atoms with Crippen molar-refractivity contribution in [2.24, 2.45) is 0 Å². The molecule has 2 atom stereocenters. The Morgan fingerprint density at radius 1 is 1.16 bits per heavy atom. The summed E-state index contributed by atoms with van der Waals surface area (Å²) in [4.78, 5) is 4.23. The van der Waals surface area contributed by atoms with Crippen molar-refractivity contribution in [2.75, 3.05) is 6.61 Å². The largest absolute Gasteiger partial charge is 0.372 e. The third-order valence-corrected chi connectivity index (χ3v) is 6.35. The highest BCUT2D eigenvalue weighted by molar-refractivity contribution is 7.90. The van der Waals surface area contributed by atoms with Gasteiger partial charge in [0, 0.05) is 24.6 Å². The molecule has 0 amide bonds. The predicted molar refractivity (Wildman–Crippen MR) is 98.7 cm³/mol. The summed E-state index contributed by atoms with van der Waals surface area (Å²) in [5.74, 6) is 0. The van der Waals surface area contributed by atoms with E-state index in [0.29, 0.717) is 13.0 Å². The maximum absolute atomic E-state index is 12.2. The molecule has 0 radical (unpaired) electrons. The van der Waals surface area contributed by atoms with Gasteiger partial charge in [-0.1, -0.05) is 24.3 Å². The fourth-order valence-electron chi connectivity index (χ4n) is 2.96. The zero-order valence-electron chi connectivity index (χ0n) is 14.8. The van der Waals surface area contributed by atoms with E-state index in [1.165, 1.54) is 0 Å². The Bertz CT molecular complexity index is 832. The lowest BCUT2D eigenvalue weighted by atomic mass is 9.99. The molecule has 6 heteroatoms. The second-order valence-corrected chi connectivity index (χ2v) is 9.04. The fraction of sp³-hybridized carbons (Fsp3) is 0.421. The number of sulfonamides is 1. The molecular weight excluding hydrogens is 336 g/mol. The number of hydrogen-bond acceptors (Lipinski definition) is 4. The second-order valence-electron chi connectivity index (χ2n) is 6.77. The van der Waals surface area contributed by atoms with Crippen LogP contribution in [0.15, 0.2) is 42.7 Å². The Labute approximate surface area is 149 Å². The molecule has 3 rings (SSSR count). The van der Waals surface area contributed by atoms with Gasteiger partial charge in [-0.05, 0) is 49.9 Å². The van der Waals surface area contributed by atoms with Gasteiger partial charge >= 0.3 is 0 Å². The summed E-state index contributed by atoms with van der Waals surface area (Å²) in [5.41, 5.74) is 4.25. The fourth-order valence-corrected chi connectivity index (χ4v) is 3.90. The summed E-state index contributed by atoms with van der Waals surface area (Å²) in [5, 5.41) is -0.454. The van der Waals surface area contributed by atoms with E-state index in [2.05, 4.69) is 15.8 Å². The minimum absolute atomic E-state index is 0.223. The van der Waals surface area contributed by atoms with Crippen LogP contribution in [0.4, 0.5) is 0 Å². The van der Waals surface area contributed by atoms with E-state index in [-0.39, 0.29) is 12.1 Å². The van der Waals surface area contributed by atoms with Crippen molar-refractivity contribution < 1.29 is 13.2 Å². The molecule has 2 heterocycles. The van der Waals surface area contributed by atoms with Crippen LogP contribution >= 0.6 is 0 Å². The molecule has 1 aromatic carbocycles. The number of benzene rings is 1. The highest BCUT2D eigenvalue weighted by atomic mass is 32.2. The molecule has 1 aliphatic rings. The van der Waals surface area contributed by atoms with Crippen LogP contribution in [0.2, 0.25) is 0 Å². The Morgan fingerprint density at radius 3 is 2.52 bits per heavy atom. The van der Waals surface area contributed by atoms with Crippen molar-refractivity contribution in [2.45, 2.75) is 44.6 Å². The zero-order chi connectivity index (χ0) is 18.0. The molecule has 2 aromatic rings. The van der Waals surface area contributed by atoms with Gasteiger partial charge in [0.05, 0.1) is 17.4 Å². The molecule has 1 N–H and O–H groups in total. The molecule has 5 nitrogen and oxygen atoms in total. The number of aryl methyl sites for hydroxylation is 1. The number of rotatable bonds is 5. The monoisotopic (exact) mass is 360 g/mol. The van der Waals surface area contributed by atoms with Crippen molar-refractivity contribution in [3.05, 3.63) is 53.9 Å². The molecule has 1 saturated heterocycles. The smallest absolute Gasteiger partial charge is 0.214 e. The lowest BCUT2D eigenvalue weighted by molar-refractivity contribution is 0.102. The molecule has 0 unspecified atom stereocenters. The van der Waals surface area contributed by atoms with Crippen molar-refractivity contribution in [1.82, 2.24) is 9.71 Å². The lowest BCUT2D eigenvalue weighted by Gasteiger charge is -2.21. The van der Waals surface area contributed by atoms with E-state index < -0.39 is 15.3 Å². The number of nitrogens with zero attached hydrogens (tertiary/aromatic N) is 1. The third-order valence-electron chi connectivity index (χ3n) is 4.48. The molecule has 1 fully saturated rings. The Morgan fingerprint density at radius 2 is 1.88 bits per heavy atom. The van der Waals surface area contributed by atoms with E-state index in [4.69, 9.17) is 4.74 Å². The maximum Gasteiger partial charge on any atom is 0.214 e. The van der Waals surface area contributed by atoms with Gasteiger partial charge in [-0.15, -0.1) is 0 Å². The number of pyridine rings is 1. The molecular formula is C19H24N2O3S. The molecule has 1 aliphatic heterocycles. The second kappa shape index (κ2) is 7.23. The van der Waals surface area contributed by atoms with Crippen LogP contribution in [0.5, 0.6) is 0 Å². The van der Waals surface area contributed by atoms with E-state index in [9.17, 15) is 8.42 Å². The number of nitrogens with one attached hydrogen (secondary N) is 1. The van der Waals surface area contributed by atoms with Gasteiger partial charge in [0.25, 0.3) is 0 Å². The number of hydrogen-bond donors (Lipinski definition) is 1. The summed E-state index contributed by atoms with van der Waals surface area (Å²) in [6.07, 6.45) is 4.10. The standard InChI is InChI=1S/C19H24N2O3S/c1-13(2)25(22,23)21-18-8-9-24-19(18)16-6-4-15(5-7-16)17-10-14(3)11-20-12-17/h4-7,10-13,18-19,21H,8-9H2,1-3H3/t18-,19-/m0/s1. The van der Waals surface area contributed by atoms with Gasteiger partial charge in [-0.2, -0.15) is 0 Å². The van der Waals surface area contributed by atoms with E-state index >= 15 is 0 Å². The summed E-state index contributed by atoms with van der Waals surface area (Å²) >= 11 is 0. The van der Waals surface area contributed by atoms with Crippen LogP contribution in [0.1, 0.15) is 37.5 Å². The van der Waals surface area contributed by atoms with E-state index in [1.807, 2.05) is 43.6 Å². The van der Waals surface area contributed by atoms with Gasteiger partial charge in [0.1, 0.15) is 0 Å². The van der Waals surface area contributed by atoms with E-state index in [1.54, 1.807) is 13.8 Å². The van der Waals surface area contributed by atoms with Crippen LogP contribution in [0.25, 0.3) is 11.1 Å². The average molecular weight is 360 g/mol. The molecule has 0 bridgehead atoms. The van der Waals surface area contributed by atoms with Crippen LogP contribution in [-0.2, 0) is 14.8 Å². The van der Waals surface area contributed by atoms with E-state index in [0.717, 1.165) is 22.3 Å². The average Bonchev–Trinajstić information content (AvgIpc) is 3.02. The molecule has 25 heavy (non-hydrogen) atoms.